The summed E-state index contributed by atoms with van der Waals surface area (Å²) in [7, 11) is 1.89. The van der Waals surface area contributed by atoms with Crippen molar-refractivity contribution in [3.63, 3.8) is 0 Å². The fourth-order valence-corrected chi connectivity index (χ4v) is 5.28. The summed E-state index contributed by atoms with van der Waals surface area (Å²) < 4.78 is 6.08. The molecule has 5 heteroatoms. The highest BCUT2D eigenvalue weighted by Gasteiger charge is 2.55. The Bertz CT molecular complexity index is 899. The molecule has 3 aliphatic rings. The van der Waals surface area contributed by atoms with E-state index in [0.717, 1.165) is 50.0 Å². The van der Waals surface area contributed by atoms with Crippen molar-refractivity contribution in [2.75, 3.05) is 33.3 Å². The molecule has 4 nitrogen and oxygen atoms in total. The first-order valence-corrected chi connectivity index (χ1v) is 10.5. The fourth-order valence-electron chi connectivity index (χ4n) is 5.28. The van der Waals surface area contributed by atoms with Gasteiger partial charge in [-0.25, -0.2) is 0 Å². The number of nitrogens with one attached hydrogen (secondary N) is 1. The molecule has 0 spiro atoms. The molecule has 29 heavy (non-hydrogen) atoms. The highest BCUT2D eigenvalue weighted by atomic mass is 127. The van der Waals surface area contributed by atoms with Crippen LogP contribution in [-0.2, 0) is 11.2 Å². The maximum atomic E-state index is 6.08. The van der Waals surface area contributed by atoms with Gasteiger partial charge in [0.05, 0.1) is 13.2 Å². The molecule has 2 fully saturated rings. The van der Waals surface area contributed by atoms with Crippen molar-refractivity contribution in [1.82, 2.24) is 10.2 Å². The first kappa shape index (κ1) is 20.7. The Kier molecular flexibility index (Phi) is 6.16. The molecule has 1 heterocycles. The zero-order valence-electron chi connectivity index (χ0n) is 17.2. The number of benzene rings is 2. The number of rotatable bonds is 3. The Morgan fingerprint density at radius 2 is 1.90 bits per heavy atom. The van der Waals surface area contributed by atoms with Gasteiger partial charge in [0.25, 0.3) is 0 Å². The van der Waals surface area contributed by atoms with E-state index in [1.165, 1.54) is 17.5 Å². The number of morpholine rings is 1. The van der Waals surface area contributed by atoms with E-state index in [4.69, 9.17) is 4.74 Å². The van der Waals surface area contributed by atoms with Crippen LogP contribution in [0, 0.1) is 18.8 Å². The van der Waals surface area contributed by atoms with Crippen LogP contribution >= 0.6 is 24.0 Å². The van der Waals surface area contributed by atoms with E-state index >= 15 is 0 Å². The Morgan fingerprint density at radius 1 is 1.14 bits per heavy atom. The summed E-state index contributed by atoms with van der Waals surface area (Å²) >= 11 is 0. The number of ether oxygens (including phenoxy) is 1. The summed E-state index contributed by atoms with van der Waals surface area (Å²) in [5, 5.41) is 3.67. The lowest BCUT2D eigenvalue weighted by Crippen LogP contribution is -2.48. The summed E-state index contributed by atoms with van der Waals surface area (Å²) in [6.45, 7) is 5.66. The predicted octanol–water partition coefficient (Wildman–Crippen LogP) is 4.15. The minimum Gasteiger partial charge on any atom is -0.370 e. The standard InChI is InChI=1S/C24H29N3O.HI/c1-16-7-3-5-9-18(16)22-15-27(11-12-28-22)24(25-2)26-14-21-20-13-17-8-4-6-10-19(17)23(20)21;/h3-10,20-23H,11-15H2,1-2H3,(H,25,26);1H. The Morgan fingerprint density at radius 3 is 2.69 bits per heavy atom. The van der Waals surface area contributed by atoms with Crippen LogP contribution in [0.2, 0.25) is 0 Å². The Hall–Kier alpha value is -1.60. The number of fused-ring (bicyclic) bond motifs is 3. The van der Waals surface area contributed by atoms with Crippen LogP contribution in [0.5, 0.6) is 0 Å². The van der Waals surface area contributed by atoms with E-state index in [1.807, 2.05) is 7.05 Å². The van der Waals surface area contributed by atoms with Gasteiger partial charge in [-0.3, -0.25) is 4.99 Å². The first-order valence-electron chi connectivity index (χ1n) is 10.5. The number of hydrogen-bond donors (Lipinski definition) is 1. The molecule has 0 bridgehead atoms. The van der Waals surface area contributed by atoms with Crippen molar-refractivity contribution >= 4 is 29.9 Å². The van der Waals surface area contributed by atoms with Gasteiger partial charge in [-0.1, -0.05) is 48.5 Å². The SMILES string of the molecule is CN=C(NCC1C2Cc3ccccc3C12)N1CCOC(c2ccccc2C)C1.I. The molecule has 5 rings (SSSR count). The molecular formula is C24H30IN3O. The Labute approximate surface area is 190 Å². The normalized spacial score (nSPS) is 27.7. The summed E-state index contributed by atoms with van der Waals surface area (Å²) in [6.07, 6.45) is 1.36. The largest absolute Gasteiger partial charge is 0.370 e. The summed E-state index contributed by atoms with van der Waals surface area (Å²) in [6, 6.07) is 17.5. The fraction of sp³-hybridized carbons (Fsp3) is 0.458. The zero-order chi connectivity index (χ0) is 19.1. The highest BCUT2D eigenvalue weighted by Crippen LogP contribution is 2.60. The molecule has 1 saturated carbocycles. The zero-order valence-corrected chi connectivity index (χ0v) is 19.5. The van der Waals surface area contributed by atoms with E-state index in [1.54, 1.807) is 11.1 Å². The van der Waals surface area contributed by atoms with Crippen molar-refractivity contribution in [2.45, 2.75) is 25.4 Å². The molecule has 154 valence electrons. The number of guanidine groups is 1. The second-order valence-corrected chi connectivity index (χ2v) is 8.35. The molecule has 2 aromatic rings. The molecule has 0 amide bonds. The molecule has 2 aromatic carbocycles. The van der Waals surface area contributed by atoms with Crippen LogP contribution in [0.1, 0.15) is 34.3 Å². The van der Waals surface area contributed by atoms with Crippen molar-refractivity contribution < 1.29 is 4.74 Å². The third-order valence-electron chi connectivity index (χ3n) is 6.81. The van der Waals surface area contributed by atoms with Crippen LogP contribution in [-0.4, -0.2) is 44.1 Å². The van der Waals surface area contributed by atoms with Gasteiger partial charge in [0, 0.05) is 20.1 Å². The lowest BCUT2D eigenvalue weighted by atomic mass is 10.0. The molecule has 0 radical (unpaired) electrons. The summed E-state index contributed by atoms with van der Waals surface area (Å²) in [4.78, 5) is 6.93. The lowest BCUT2D eigenvalue weighted by Gasteiger charge is -2.36. The van der Waals surface area contributed by atoms with E-state index < -0.39 is 0 Å². The average molecular weight is 503 g/mol. The smallest absolute Gasteiger partial charge is 0.193 e. The molecular weight excluding hydrogens is 473 g/mol. The van der Waals surface area contributed by atoms with Gasteiger partial charge in [0.1, 0.15) is 6.10 Å². The number of aliphatic imine (C=N–C) groups is 1. The van der Waals surface area contributed by atoms with Crippen LogP contribution in [0.3, 0.4) is 0 Å². The second kappa shape index (κ2) is 8.64. The molecule has 2 aliphatic carbocycles. The van der Waals surface area contributed by atoms with Crippen molar-refractivity contribution in [3.05, 3.63) is 70.8 Å². The number of hydrogen-bond acceptors (Lipinski definition) is 2. The third kappa shape index (κ3) is 3.91. The van der Waals surface area contributed by atoms with Crippen molar-refractivity contribution in [1.29, 1.82) is 0 Å². The second-order valence-electron chi connectivity index (χ2n) is 8.35. The van der Waals surface area contributed by atoms with Gasteiger partial charge in [-0.05, 0) is 53.4 Å². The van der Waals surface area contributed by atoms with Crippen molar-refractivity contribution in [2.24, 2.45) is 16.8 Å². The van der Waals surface area contributed by atoms with Crippen molar-refractivity contribution in [3.8, 4) is 0 Å². The maximum absolute atomic E-state index is 6.08. The van der Waals surface area contributed by atoms with E-state index in [2.05, 4.69) is 70.7 Å². The summed E-state index contributed by atoms with van der Waals surface area (Å²) in [5.41, 5.74) is 5.73. The van der Waals surface area contributed by atoms with Gasteiger partial charge in [-0.15, -0.1) is 24.0 Å². The predicted molar refractivity (Wildman–Crippen MR) is 128 cm³/mol. The highest BCUT2D eigenvalue weighted by molar-refractivity contribution is 14.0. The third-order valence-corrected chi connectivity index (χ3v) is 6.81. The molecule has 1 N–H and O–H groups in total. The minimum absolute atomic E-state index is 0. The average Bonchev–Trinajstić information content (AvgIpc) is 3.26. The monoisotopic (exact) mass is 503 g/mol. The van der Waals surface area contributed by atoms with Crippen LogP contribution in [0.25, 0.3) is 0 Å². The van der Waals surface area contributed by atoms with E-state index in [9.17, 15) is 0 Å². The molecule has 1 aliphatic heterocycles. The number of aryl methyl sites for hydroxylation is 1. The van der Waals surface area contributed by atoms with Gasteiger partial charge in [0.2, 0.25) is 0 Å². The quantitative estimate of drug-likeness (QED) is 0.389. The number of nitrogens with zero attached hydrogens (tertiary/aromatic N) is 2. The Balaban J connectivity index is 0.00000205. The first-order chi connectivity index (χ1) is 13.8. The van der Waals surface area contributed by atoms with Gasteiger partial charge in [0.15, 0.2) is 5.96 Å². The molecule has 1 saturated heterocycles. The topological polar surface area (TPSA) is 36.9 Å². The molecule has 0 aromatic heterocycles. The van der Waals surface area contributed by atoms with E-state index in [0.29, 0.717) is 0 Å². The molecule has 4 unspecified atom stereocenters. The van der Waals surface area contributed by atoms with Gasteiger partial charge in [-0.2, -0.15) is 0 Å². The minimum atomic E-state index is 0. The van der Waals surface area contributed by atoms with E-state index in [-0.39, 0.29) is 30.1 Å². The maximum Gasteiger partial charge on any atom is 0.193 e. The van der Waals surface area contributed by atoms with Crippen LogP contribution in [0.15, 0.2) is 53.5 Å². The van der Waals surface area contributed by atoms with Crippen LogP contribution in [0.4, 0.5) is 0 Å². The number of halogens is 1. The van der Waals surface area contributed by atoms with Crippen LogP contribution < -0.4 is 5.32 Å². The summed E-state index contributed by atoms with van der Waals surface area (Å²) in [5.74, 6) is 3.35. The molecule has 4 atom stereocenters. The lowest BCUT2D eigenvalue weighted by molar-refractivity contribution is -0.00832. The van der Waals surface area contributed by atoms with Gasteiger partial charge < -0.3 is 15.0 Å². The van der Waals surface area contributed by atoms with Gasteiger partial charge >= 0.3 is 0 Å².